The Hall–Kier alpha value is -2.57. The Morgan fingerprint density at radius 3 is 2.57 bits per heavy atom. The summed E-state index contributed by atoms with van der Waals surface area (Å²) >= 11 is 0. The van der Waals surface area contributed by atoms with Gasteiger partial charge in [-0.15, -0.1) is 0 Å². The minimum absolute atomic E-state index is 0.173. The van der Waals surface area contributed by atoms with Gasteiger partial charge in [0.2, 0.25) is 0 Å². The molecule has 0 aliphatic heterocycles. The highest BCUT2D eigenvalue weighted by atomic mass is 19.1. The average molecular weight is 292 g/mol. The van der Waals surface area contributed by atoms with E-state index in [2.05, 4.69) is 20.6 Å². The highest BCUT2D eigenvalue weighted by Crippen LogP contribution is 2.08. The van der Waals surface area contributed by atoms with Crippen LogP contribution in [0.2, 0.25) is 0 Å². The van der Waals surface area contributed by atoms with Gasteiger partial charge in [-0.05, 0) is 24.1 Å². The Bertz CT molecular complexity index is 628. The van der Waals surface area contributed by atoms with Crippen LogP contribution < -0.4 is 10.6 Å². The van der Waals surface area contributed by atoms with Gasteiger partial charge in [-0.3, -0.25) is 9.78 Å². The van der Waals surface area contributed by atoms with E-state index in [0.717, 1.165) is 6.07 Å². The molecule has 21 heavy (non-hydrogen) atoms. The van der Waals surface area contributed by atoms with Crippen molar-refractivity contribution >= 4 is 11.7 Å². The van der Waals surface area contributed by atoms with Gasteiger partial charge in [0.25, 0.3) is 5.91 Å². The predicted molar refractivity (Wildman–Crippen MR) is 74.0 cm³/mol. The van der Waals surface area contributed by atoms with Crippen molar-refractivity contribution in [3.8, 4) is 0 Å². The number of carbonyl (C=O) groups excluding carboxylic acids is 1. The van der Waals surface area contributed by atoms with Crippen molar-refractivity contribution in [2.75, 3.05) is 18.9 Å². The quantitative estimate of drug-likeness (QED) is 0.881. The summed E-state index contributed by atoms with van der Waals surface area (Å²) in [6.45, 7) is 0.243. The third-order valence-electron chi connectivity index (χ3n) is 2.74. The van der Waals surface area contributed by atoms with E-state index in [-0.39, 0.29) is 12.2 Å². The molecular formula is C14H14F2N4O. The van der Waals surface area contributed by atoms with Gasteiger partial charge in [-0.2, -0.15) is 0 Å². The van der Waals surface area contributed by atoms with E-state index in [1.54, 1.807) is 7.05 Å². The zero-order chi connectivity index (χ0) is 15.2. The molecular weight excluding hydrogens is 278 g/mol. The maximum atomic E-state index is 13.0. The molecule has 0 spiro atoms. The van der Waals surface area contributed by atoms with Gasteiger partial charge in [-0.25, -0.2) is 13.8 Å². The van der Waals surface area contributed by atoms with Crippen LogP contribution in [0.15, 0.2) is 30.6 Å². The number of hydrogen-bond donors (Lipinski definition) is 2. The Balaban J connectivity index is 1.92. The molecule has 2 aromatic rings. The fraction of sp³-hybridized carbons (Fsp3) is 0.214. The van der Waals surface area contributed by atoms with Crippen LogP contribution in [0.4, 0.5) is 14.6 Å². The van der Waals surface area contributed by atoms with Crippen molar-refractivity contribution in [1.82, 2.24) is 15.3 Å². The zero-order valence-corrected chi connectivity index (χ0v) is 11.4. The van der Waals surface area contributed by atoms with Crippen LogP contribution >= 0.6 is 0 Å². The second-order valence-corrected chi connectivity index (χ2v) is 4.32. The van der Waals surface area contributed by atoms with E-state index in [1.165, 1.54) is 24.5 Å². The number of amides is 1. The first-order valence-corrected chi connectivity index (χ1v) is 6.31. The number of hydrogen-bond acceptors (Lipinski definition) is 4. The number of aromatic nitrogens is 2. The van der Waals surface area contributed by atoms with E-state index in [4.69, 9.17) is 0 Å². The molecule has 2 rings (SSSR count). The van der Waals surface area contributed by atoms with Crippen molar-refractivity contribution < 1.29 is 13.6 Å². The first-order valence-electron chi connectivity index (χ1n) is 6.31. The van der Waals surface area contributed by atoms with Crippen molar-refractivity contribution in [2.45, 2.75) is 6.42 Å². The van der Waals surface area contributed by atoms with Gasteiger partial charge in [0.05, 0.1) is 12.4 Å². The average Bonchev–Trinajstić information content (AvgIpc) is 2.46. The van der Waals surface area contributed by atoms with Crippen LogP contribution in [-0.2, 0) is 6.42 Å². The molecule has 0 aliphatic carbocycles. The molecule has 1 amide bonds. The lowest BCUT2D eigenvalue weighted by atomic mass is 10.1. The molecule has 110 valence electrons. The van der Waals surface area contributed by atoms with Crippen LogP contribution in [0.5, 0.6) is 0 Å². The molecule has 0 saturated carbocycles. The third-order valence-corrected chi connectivity index (χ3v) is 2.74. The summed E-state index contributed by atoms with van der Waals surface area (Å²) in [4.78, 5) is 19.8. The van der Waals surface area contributed by atoms with Crippen molar-refractivity contribution in [1.29, 1.82) is 0 Å². The topological polar surface area (TPSA) is 66.9 Å². The monoisotopic (exact) mass is 292 g/mol. The molecule has 0 atom stereocenters. The number of rotatable bonds is 5. The highest BCUT2D eigenvalue weighted by molar-refractivity contribution is 5.92. The lowest BCUT2D eigenvalue weighted by Gasteiger charge is -2.06. The van der Waals surface area contributed by atoms with Gasteiger partial charge >= 0.3 is 0 Å². The van der Waals surface area contributed by atoms with E-state index >= 15 is 0 Å². The fourth-order valence-corrected chi connectivity index (χ4v) is 1.76. The molecule has 0 fully saturated rings. The van der Waals surface area contributed by atoms with Crippen molar-refractivity contribution in [2.24, 2.45) is 0 Å². The molecule has 0 radical (unpaired) electrons. The van der Waals surface area contributed by atoms with Gasteiger partial charge in [0.1, 0.15) is 23.1 Å². The summed E-state index contributed by atoms with van der Waals surface area (Å²) in [5, 5.41) is 5.40. The number of halogens is 2. The number of carbonyl (C=O) groups is 1. The largest absolute Gasteiger partial charge is 0.372 e. The van der Waals surface area contributed by atoms with Crippen LogP contribution in [0.1, 0.15) is 16.1 Å². The first-order chi connectivity index (χ1) is 10.1. The molecule has 1 aromatic carbocycles. The summed E-state index contributed by atoms with van der Waals surface area (Å²) in [7, 11) is 1.67. The van der Waals surface area contributed by atoms with Crippen LogP contribution in [0.3, 0.4) is 0 Å². The van der Waals surface area contributed by atoms with E-state index < -0.39 is 17.5 Å². The number of nitrogens with one attached hydrogen (secondary N) is 2. The molecule has 0 bridgehead atoms. The molecule has 5 nitrogen and oxygen atoms in total. The molecule has 0 saturated heterocycles. The number of nitrogens with zero attached hydrogens (tertiary/aromatic N) is 2. The van der Waals surface area contributed by atoms with Crippen molar-refractivity contribution in [3.05, 3.63) is 53.5 Å². The second-order valence-electron chi connectivity index (χ2n) is 4.32. The fourth-order valence-electron chi connectivity index (χ4n) is 1.76. The SMILES string of the molecule is CNc1cncc(C(=O)NCCc2cc(F)cc(F)c2)n1. The maximum absolute atomic E-state index is 13.0. The van der Waals surface area contributed by atoms with Crippen LogP contribution in [0.25, 0.3) is 0 Å². The lowest BCUT2D eigenvalue weighted by molar-refractivity contribution is 0.0949. The van der Waals surface area contributed by atoms with E-state index in [1.807, 2.05) is 0 Å². The van der Waals surface area contributed by atoms with Gasteiger partial charge in [0, 0.05) is 19.7 Å². The predicted octanol–water partition coefficient (Wildman–Crippen LogP) is 1.77. The second kappa shape index (κ2) is 6.74. The first kappa shape index (κ1) is 14.8. The summed E-state index contributed by atoms with van der Waals surface area (Å²) in [6.07, 6.45) is 3.16. The molecule has 2 N–H and O–H groups in total. The smallest absolute Gasteiger partial charge is 0.271 e. The normalized spacial score (nSPS) is 10.2. The minimum atomic E-state index is -0.635. The van der Waals surface area contributed by atoms with Crippen molar-refractivity contribution in [3.63, 3.8) is 0 Å². The molecule has 1 aromatic heterocycles. The lowest BCUT2D eigenvalue weighted by Crippen LogP contribution is -2.27. The van der Waals surface area contributed by atoms with E-state index in [0.29, 0.717) is 17.8 Å². The maximum Gasteiger partial charge on any atom is 0.271 e. The number of benzene rings is 1. The Morgan fingerprint density at radius 1 is 1.19 bits per heavy atom. The third kappa shape index (κ3) is 4.20. The van der Waals surface area contributed by atoms with E-state index in [9.17, 15) is 13.6 Å². The zero-order valence-electron chi connectivity index (χ0n) is 11.4. The Morgan fingerprint density at radius 2 is 1.90 bits per heavy atom. The summed E-state index contributed by atoms with van der Waals surface area (Å²) in [5.41, 5.74) is 0.648. The Labute approximate surface area is 120 Å². The molecule has 7 heteroatoms. The molecule has 0 aliphatic rings. The summed E-state index contributed by atoms with van der Waals surface area (Å²) < 4.78 is 26.0. The summed E-state index contributed by atoms with van der Waals surface area (Å²) in [6, 6.07) is 3.27. The minimum Gasteiger partial charge on any atom is -0.372 e. The van der Waals surface area contributed by atoms with Crippen LogP contribution in [-0.4, -0.2) is 29.5 Å². The standard InChI is InChI=1S/C14H14F2N4O/c1-17-13-8-18-7-12(20-13)14(21)19-3-2-9-4-10(15)6-11(16)5-9/h4-8H,2-3H2,1H3,(H,17,20)(H,19,21). The number of anilines is 1. The van der Waals surface area contributed by atoms with Gasteiger partial charge < -0.3 is 10.6 Å². The van der Waals surface area contributed by atoms with Crippen LogP contribution in [0, 0.1) is 11.6 Å². The van der Waals surface area contributed by atoms with Gasteiger partial charge in [0.15, 0.2) is 0 Å². The summed E-state index contributed by atoms with van der Waals surface area (Å²) in [5.74, 6) is -1.18. The molecule has 1 heterocycles. The Kier molecular flexibility index (Phi) is 4.76. The molecule has 0 unspecified atom stereocenters. The highest BCUT2D eigenvalue weighted by Gasteiger charge is 2.08. The van der Waals surface area contributed by atoms with Gasteiger partial charge in [-0.1, -0.05) is 0 Å².